The number of rotatable bonds is 11. The monoisotopic (exact) mass is 757 g/mol. The molecule has 0 aromatic heterocycles. The van der Waals surface area contributed by atoms with Crippen LogP contribution in [0.3, 0.4) is 0 Å². The normalized spacial score (nSPS) is 44.4. The molecule has 304 valence electrons. The summed E-state index contributed by atoms with van der Waals surface area (Å²) in [7, 11) is 7.08. The van der Waals surface area contributed by atoms with E-state index in [1.807, 2.05) is 19.9 Å². The lowest BCUT2D eigenvalue weighted by atomic mass is 9.70. The van der Waals surface area contributed by atoms with Crippen molar-refractivity contribution in [1.82, 2.24) is 4.90 Å². The SMILES string of the molecule is C=CCN(C)[C@H]1CCC(O[C@H]2CCC[C@H](CC)OC(=O)C[C@@H]3C(=C[C@@H]4[C@H]3C=C[C@@H]3C[C@@H](O[C@@H]5OC(C)[C@H](OC)C(OC)C5OC)C[C@@H]43)C(=O)[C@@H]2C)OC1C. The zero-order valence-electron chi connectivity index (χ0n) is 33.9. The van der Waals surface area contributed by atoms with Gasteiger partial charge in [0.25, 0.3) is 0 Å². The second-order valence-corrected chi connectivity index (χ2v) is 16.8. The fourth-order valence-corrected chi connectivity index (χ4v) is 10.6. The third-order valence-electron chi connectivity index (χ3n) is 13.6. The number of hydrogen-bond acceptors (Lipinski definition) is 11. The Hall–Kier alpha value is -1.96. The van der Waals surface area contributed by atoms with Crippen molar-refractivity contribution < 1.29 is 47.5 Å². The summed E-state index contributed by atoms with van der Waals surface area (Å²) in [4.78, 5) is 30.5. The molecule has 3 heterocycles. The van der Waals surface area contributed by atoms with Gasteiger partial charge in [0.05, 0.1) is 30.8 Å². The minimum absolute atomic E-state index is 0.00373. The van der Waals surface area contributed by atoms with Crippen molar-refractivity contribution in [3.05, 3.63) is 36.5 Å². The fourth-order valence-electron chi connectivity index (χ4n) is 10.6. The van der Waals surface area contributed by atoms with Crippen LogP contribution in [0, 0.1) is 35.5 Å². The van der Waals surface area contributed by atoms with Crippen LogP contribution in [0.4, 0.5) is 0 Å². The molecule has 0 aromatic carbocycles. The number of likely N-dealkylation sites (N-methyl/N-ethyl adjacent to an activating group) is 1. The molecule has 0 N–H and O–H groups in total. The molecule has 0 amide bonds. The Bertz CT molecular complexity index is 1350. The molecular formula is C43H67NO10. The number of methoxy groups -OCH3 is 3. The molecule has 3 aliphatic carbocycles. The van der Waals surface area contributed by atoms with E-state index in [-0.39, 0.29) is 103 Å². The maximum atomic E-state index is 14.7. The number of allylic oxidation sites excluding steroid dienone is 4. The van der Waals surface area contributed by atoms with Crippen LogP contribution >= 0.6 is 0 Å². The van der Waals surface area contributed by atoms with Gasteiger partial charge in [-0.25, -0.2) is 0 Å². The number of Topliss-reactive ketones (excluding diaryl/α,β-unsaturated/α-hetero) is 1. The van der Waals surface area contributed by atoms with Crippen LogP contribution < -0.4 is 0 Å². The highest BCUT2D eigenvalue weighted by Gasteiger charge is 2.52. The average Bonchev–Trinajstić information content (AvgIpc) is 3.73. The van der Waals surface area contributed by atoms with Gasteiger partial charge in [-0.15, -0.1) is 6.58 Å². The Labute approximate surface area is 323 Å². The molecule has 0 radical (unpaired) electrons. The van der Waals surface area contributed by atoms with Crippen molar-refractivity contribution in [2.45, 2.75) is 153 Å². The molecule has 11 heteroatoms. The third-order valence-corrected chi connectivity index (χ3v) is 13.6. The van der Waals surface area contributed by atoms with Gasteiger partial charge in [-0.05, 0) is 102 Å². The maximum absolute atomic E-state index is 14.7. The smallest absolute Gasteiger partial charge is 0.306 e. The van der Waals surface area contributed by atoms with Crippen LogP contribution in [0.15, 0.2) is 36.5 Å². The molecule has 5 unspecified atom stereocenters. The van der Waals surface area contributed by atoms with Crippen LogP contribution in [0.1, 0.15) is 85.5 Å². The molecule has 4 fully saturated rings. The van der Waals surface area contributed by atoms with E-state index in [0.29, 0.717) is 12.3 Å². The van der Waals surface area contributed by atoms with Gasteiger partial charge in [-0.1, -0.05) is 38.2 Å². The standard InChI is InChI=1S/C43H67NO10/c1-10-19-44(6)35-17-18-38(50-25(35)4)54-36-14-12-13-28(11-2)52-37(45)23-33-30-16-15-27-20-29(21-31(27)32(30)22-34(33)39(46)24(36)3)53-43-42(49-9)41(48-8)40(47-7)26(5)51-43/h10,15-16,22,24-33,35-36,38,40-43H,1,11-14,17-21,23H2,2-9H3/t24-,25?,26?,27-,28+,29-,30-,31-,32-,33+,35+,36+,38?,40+,41?,42?,43+/m1/s1. The summed E-state index contributed by atoms with van der Waals surface area (Å²) >= 11 is 0. The van der Waals surface area contributed by atoms with E-state index in [9.17, 15) is 9.59 Å². The van der Waals surface area contributed by atoms with E-state index in [1.165, 1.54) is 0 Å². The van der Waals surface area contributed by atoms with E-state index in [0.717, 1.165) is 57.1 Å². The lowest BCUT2D eigenvalue weighted by Gasteiger charge is -2.44. The van der Waals surface area contributed by atoms with Gasteiger partial charge in [0.1, 0.15) is 24.4 Å². The first-order valence-electron chi connectivity index (χ1n) is 20.7. The van der Waals surface area contributed by atoms with Gasteiger partial charge in [0.15, 0.2) is 18.4 Å². The predicted molar refractivity (Wildman–Crippen MR) is 203 cm³/mol. The van der Waals surface area contributed by atoms with E-state index in [4.69, 9.17) is 37.9 Å². The Morgan fingerprint density at radius 2 is 1.65 bits per heavy atom. The summed E-state index contributed by atoms with van der Waals surface area (Å²) < 4.78 is 49.7. The quantitative estimate of drug-likeness (QED) is 0.182. The van der Waals surface area contributed by atoms with Gasteiger partial charge in [0, 0.05) is 45.8 Å². The first-order chi connectivity index (χ1) is 26.0. The topological polar surface area (TPSA) is 111 Å². The Morgan fingerprint density at radius 3 is 2.33 bits per heavy atom. The zero-order chi connectivity index (χ0) is 38.7. The Balaban J connectivity index is 1.19. The molecule has 54 heavy (non-hydrogen) atoms. The van der Waals surface area contributed by atoms with Gasteiger partial charge in [0.2, 0.25) is 0 Å². The summed E-state index contributed by atoms with van der Waals surface area (Å²) in [5, 5.41) is 0. The largest absolute Gasteiger partial charge is 0.462 e. The van der Waals surface area contributed by atoms with Crippen LogP contribution in [-0.2, 0) is 47.5 Å². The number of fused-ring (bicyclic) bond motifs is 5. The fraction of sp³-hybridized carbons (Fsp3) is 0.814. The van der Waals surface area contributed by atoms with Crippen molar-refractivity contribution >= 4 is 11.8 Å². The third kappa shape index (κ3) is 8.79. The van der Waals surface area contributed by atoms with Gasteiger partial charge < -0.3 is 37.9 Å². The predicted octanol–water partition coefficient (Wildman–Crippen LogP) is 6.04. The highest BCUT2D eigenvalue weighted by molar-refractivity contribution is 5.99. The molecule has 17 atom stereocenters. The summed E-state index contributed by atoms with van der Waals surface area (Å²) in [6.07, 6.45) is 12.5. The second kappa shape index (κ2) is 18.5. The molecule has 6 rings (SSSR count). The summed E-state index contributed by atoms with van der Waals surface area (Å²) in [5.41, 5.74) is 0.757. The van der Waals surface area contributed by atoms with E-state index in [2.05, 4.69) is 50.6 Å². The Morgan fingerprint density at radius 1 is 0.889 bits per heavy atom. The number of cyclic esters (lactones) is 1. The number of esters is 1. The van der Waals surface area contributed by atoms with Gasteiger partial charge in [-0.2, -0.15) is 0 Å². The van der Waals surface area contributed by atoms with Crippen molar-refractivity contribution in [1.29, 1.82) is 0 Å². The molecule has 6 aliphatic rings. The summed E-state index contributed by atoms with van der Waals surface area (Å²) in [6.45, 7) is 12.9. The molecule has 11 nitrogen and oxygen atoms in total. The first kappa shape index (κ1) is 41.7. The highest BCUT2D eigenvalue weighted by Crippen LogP contribution is 2.54. The Kier molecular flexibility index (Phi) is 14.3. The van der Waals surface area contributed by atoms with E-state index >= 15 is 0 Å². The average molecular weight is 758 g/mol. The van der Waals surface area contributed by atoms with E-state index < -0.39 is 12.4 Å². The minimum Gasteiger partial charge on any atom is -0.462 e. The first-order valence-corrected chi connectivity index (χ1v) is 20.7. The molecule has 0 bridgehead atoms. The zero-order valence-corrected chi connectivity index (χ0v) is 33.9. The van der Waals surface area contributed by atoms with Crippen molar-refractivity contribution in [3.63, 3.8) is 0 Å². The summed E-state index contributed by atoms with van der Waals surface area (Å²) in [5.74, 6) is -0.0433. The van der Waals surface area contributed by atoms with Crippen molar-refractivity contribution in [2.24, 2.45) is 35.5 Å². The van der Waals surface area contributed by atoms with Crippen molar-refractivity contribution in [2.75, 3.05) is 34.9 Å². The molecule has 3 aliphatic heterocycles. The lowest BCUT2D eigenvalue weighted by molar-refractivity contribution is -0.314. The number of carbonyl (C=O) groups excluding carboxylic acids is 2. The van der Waals surface area contributed by atoms with Crippen LogP contribution in [0.2, 0.25) is 0 Å². The highest BCUT2D eigenvalue weighted by atomic mass is 16.7. The molecule has 0 spiro atoms. The van der Waals surface area contributed by atoms with Crippen molar-refractivity contribution in [3.8, 4) is 0 Å². The van der Waals surface area contributed by atoms with E-state index in [1.54, 1.807) is 21.3 Å². The van der Waals surface area contributed by atoms with Gasteiger partial charge in [-0.3, -0.25) is 14.5 Å². The number of ether oxygens (including phenoxy) is 8. The molecule has 1 saturated carbocycles. The second-order valence-electron chi connectivity index (χ2n) is 16.8. The number of nitrogens with zero attached hydrogens (tertiary/aromatic N) is 1. The van der Waals surface area contributed by atoms with Crippen LogP contribution in [-0.4, -0.2) is 119 Å². The van der Waals surface area contributed by atoms with Gasteiger partial charge >= 0.3 is 5.97 Å². The number of hydrogen-bond donors (Lipinski definition) is 0. The van der Waals surface area contributed by atoms with Crippen LogP contribution in [0.25, 0.3) is 0 Å². The molecule has 3 saturated heterocycles. The van der Waals surface area contributed by atoms with Crippen LogP contribution in [0.5, 0.6) is 0 Å². The lowest BCUT2D eigenvalue weighted by Crippen LogP contribution is -2.59. The minimum atomic E-state index is -0.598. The summed E-state index contributed by atoms with van der Waals surface area (Å²) in [6, 6.07) is 0.286. The maximum Gasteiger partial charge on any atom is 0.306 e. The number of ketones is 1. The molecular weight excluding hydrogens is 690 g/mol. The molecule has 0 aromatic rings. The number of carbonyl (C=O) groups is 2.